The van der Waals surface area contributed by atoms with Crippen LogP contribution in [0.25, 0.3) is 0 Å². The molecular formula is C10H20N2O. The Kier molecular flexibility index (Phi) is 3.31. The van der Waals surface area contributed by atoms with Crippen molar-refractivity contribution >= 4 is 5.91 Å². The van der Waals surface area contributed by atoms with E-state index in [-0.39, 0.29) is 5.91 Å². The number of amides is 1. The van der Waals surface area contributed by atoms with Gasteiger partial charge in [0, 0.05) is 26.1 Å². The van der Waals surface area contributed by atoms with E-state index in [1.807, 2.05) is 0 Å². The molecule has 1 N–H and O–H groups in total. The van der Waals surface area contributed by atoms with Crippen molar-refractivity contribution in [2.75, 3.05) is 20.1 Å². The van der Waals surface area contributed by atoms with Crippen molar-refractivity contribution in [2.45, 2.75) is 26.8 Å². The molecule has 0 aliphatic carbocycles. The van der Waals surface area contributed by atoms with Crippen LogP contribution in [-0.2, 0) is 4.79 Å². The Morgan fingerprint density at radius 2 is 1.77 bits per heavy atom. The SMILES string of the molecule is CC(=O)NC1C(C)CN(C)CC1C. The second-order valence-electron chi connectivity index (χ2n) is 4.40. The van der Waals surface area contributed by atoms with E-state index in [0.29, 0.717) is 17.9 Å². The predicted molar refractivity (Wildman–Crippen MR) is 53.4 cm³/mol. The van der Waals surface area contributed by atoms with Crippen LogP contribution in [0.1, 0.15) is 20.8 Å². The zero-order valence-electron chi connectivity index (χ0n) is 9.00. The van der Waals surface area contributed by atoms with Crippen LogP contribution in [0.5, 0.6) is 0 Å². The number of likely N-dealkylation sites (tertiary alicyclic amines) is 1. The Morgan fingerprint density at radius 3 is 2.15 bits per heavy atom. The molecule has 1 heterocycles. The van der Waals surface area contributed by atoms with Gasteiger partial charge in [0.05, 0.1) is 0 Å². The van der Waals surface area contributed by atoms with E-state index >= 15 is 0 Å². The van der Waals surface area contributed by atoms with Gasteiger partial charge in [-0.1, -0.05) is 13.8 Å². The highest BCUT2D eigenvalue weighted by Crippen LogP contribution is 2.20. The van der Waals surface area contributed by atoms with Gasteiger partial charge in [-0.2, -0.15) is 0 Å². The highest BCUT2D eigenvalue weighted by Gasteiger charge is 2.30. The van der Waals surface area contributed by atoms with Crippen molar-refractivity contribution in [1.82, 2.24) is 10.2 Å². The predicted octanol–water partition coefficient (Wildman–Crippen LogP) is 0.709. The molecule has 0 aromatic rings. The largest absolute Gasteiger partial charge is 0.353 e. The molecule has 1 rings (SSSR count). The average molecular weight is 184 g/mol. The van der Waals surface area contributed by atoms with Gasteiger partial charge in [-0.05, 0) is 18.9 Å². The number of nitrogens with zero attached hydrogens (tertiary/aromatic N) is 1. The number of hydrogen-bond acceptors (Lipinski definition) is 2. The zero-order valence-corrected chi connectivity index (χ0v) is 9.00. The smallest absolute Gasteiger partial charge is 0.217 e. The number of carbonyl (C=O) groups is 1. The van der Waals surface area contributed by atoms with Gasteiger partial charge in [0.1, 0.15) is 0 Å². The van der Waals surface area contributed by atoms with E-state index in [2.05, 4.69) is 31.1 Å². The molecule has 13 heavy (non-hydrogen) atoms. The molecule has 3 nitrogen and oxygen atoms in total. The number of rotatable bonds is 1. The van der Waals surface area contributed by atoms with E-state index in [9.17, 15) is 4.79 Å². The van der Waals surface area contributed by atoms with Gasteiger partial charge in [0.2, 0.25) is 5.91 Å². The number of nitrogens with one attached hydrogen (secondary N) is 1. The van der Waals surface area contributed by atoms with Crippen molar-refractivity contribution in [3.8, 4) is 0 Å². The maximum Gasteiger partial charge on any atom is 0.217 e. The van der Waals surface area contributed by atoms with Crippen LogP contribution >= 0.6 is 0 Å². The summed E-state index contributed by atoms with van der Waals surface area (Å²) in [6, 6.07) is 0.355. The van der Waals surface area contributed by atoms with Gasteiger partial charge in [-0.25, -0.2) is 0 Å². The fraction of sp³-hybridized carbons (Fsp3) is 0.900. The van der Waals surface area contributed by atoms with Crippen molar-refractivity contribution in [2.24, 2.45) is 11.8 Å². The molecule has 76 valence electrons. The first kappa shape index (κ1) is 10.5. The lowest BCUT2D eigenvalue weighted by atomic mass is 9.86. The Bertz CT molecular complexity index is 181. The minimum absolute atomic E-state index is 0.0910. The maximum absolute atomic E-state index is 11.0. The summed E-state index contributed by atoms with van der Waals surface area (Å²) < 4.78 is 0. The van der Waals surface area contributed by atoms with Gasteiger partial charge in [-0.15, -0.1) is 0 Å². The first-order valence-corrected chi connectivity index (χ1v) is 4.96. The summed E-state index contributed by atoms with van der Waals surface area (Å²) in [6.45, 7) is 8.15. The summed E-state index contributed by atoms with van der Waals surface area (Å²) in [5, 5.41) is 3.04. The molecule has 0 bridgehead atoms. The lowest BCUT2D eigenvalue weighted by molar-refractivity contribution is -0.120. The molecule has 0 spiro atoms. The van der Waals surface area contributed by atoms with Crippen LogP contribution in [0.3, 0.4) is 0 Å². The summed E-state index contributed by atoms with van der Waals surface area (Å²) in [5.74, 6) is 1.20. The third-order valence-corrected chi connectivity index (χ3v) is 2.80. The standard InChI is InChI=1S/C10H20N2O/c1-7-5-12(4)6-8(2)10(7)11-9(3)13/h7-8,10H,5-6H2,1-4H3,(H,11,13). The Labute approximate surface area is 80.5 Å². The van der Waals surface area contributed by atoms with Gasteiger partial charge >= 0.3 is 0 Å². The summed E-state index contributed by atoms with van der Waals surface area (Å²) in [6.07, 6.45) is 0. The Morgan fingerprint density at radius 1 is 1.31 bits per heavy atom. The molecule has 1 aliphatic heterocycles. The van der Waals surface area contributed by atoms with Gasteiger partial charge in [-0.3, -0.25) is 4.79 Å². The van der Waals surface area contributed by atoms with Gasteiger partial charge in [0.15, 0.2) is 0 Å². The maximum atomic E-state index is 11.0. The summed E-state index contributed by atoms with van der Waals surface area (Å²) >= 11 is 0. The molecule has 0 radical (unpaired) electrons. The van der Waals surface area contributed by atoms with Gasteiger partial charge in [0.25, 0.3) is 0 Å². The van der Waals surface area contributed by atoms with Crippen LogP contribution in [0.2, 0.25) is 0 Å². The molecule has 1 amide bonds. The van der Waals surface area contributed by atoms with E-state index in [1.165, 1.54) is 0 Å². The molecule has 2 unspecified atom stereocenters. The van der Waals surface area contributed by atoms with Crippen molar-refractivity contribution in [3.05, 3.63) is 0 Å². The molecule has 0 aromatic heterocycles. The van der Waals surface area contributed by atoms with Crippen molar-refractivity contribution < 1.29 is 4.79 Å². The highest BCUT2D eigenvalue weighted by molar-refractivity contribution is 5.73. The third kappa shape index (κ3) is 2.69. The lowest BCUT2D eigenvalue weighted by Gasteiger charge is -2.39. The van der Waals surface area contributed by atoms with E-state index in [4.69, 9.17) is 0 Å². The monoisotopic (exact) mass is 184 g/mol. The zero-order chi connectivity index (χ0) is 10.0. The third-order valence-electron chi connectivity index (χ3n) is 2.80. The second-order valence-corrected chi connectivity index (χ2v) is 4.40. The molecule has 3 heteroatoms. The number of carbonyl (C=O) groups excluding carboxylic acids is 1. The fourth-order valence-electron chi connectivity index (χ4n) is 2.36. The van der Waals surface area contributed by atoms with E-state index in [0.717, 1.165) is 13.1 Å². The summed E-state index contributed by atoms with van der Waals surface area (Å²) in [4.78, 5) is 13.3. The highest BCUT2D eigenvalue weighted by atomic mass is 16.1. The molecule has 1 fully saturated rings. The first-order valence-electron chi connectivity index (χ1n) is 4.96. The normalized spacial score (nSPS) is 35.8. The van der Waals surface area contributed by atoms with Crippen LogP contribution in [0.15, 0.2) is 0 Å². The van der Waals surface area contributed by atoms with Gasteiger partial charge < -0.3 is 10.2 Å². The molecule has 1 saturated heterocycles. The average Bonchev–Trinajstić information content (AvgIpc) is 1.96. The topological polar surface area (TPSA) is 32.3 Å². The molecule has 1 aliphatic rings. The Balaban J connectivity index is 2.56. The summed E-state index contributed by atoms with van der Waals surface area (Å²) in [5.41, 5.74) is 0. The number of hydrogen-bond donors (Lipinski definition) is 1. The molecule has 0 saturated carbocycles. The first-order chi connectivity index (χ1) is 6.00. The molecular weight excluding hydrogens is 164 g/mol. The minimum Gasteiger partial charge on any atom is -0.353 e. The second kappa shape index (κ2) is 4.09. The quantitative estimate of drug-likeness (QED) is 0.651. The van der Waals surface area contributed by atoms with Crippen LogP contribution in [0, 0.1) is 11.8 Å². The lowest BCUT2D eigenvalue weighted by Crippen LogP contribution is -2.53. The van der Waals surface area contributed by atoms with Crippen molar-refractivity contribution in [1.29, 1.82) is 0 Å². The van der Waals surface area contributed by atoms with Crippen LogP contribution in [-0.4, -0.2) is 37.0 Å². The van der Waals surface area contributed by atoms with E-state index in [1.54, 1.807) is 6.92 Å². The molecule has 0 aromatic carbocycles. The number of piperidine rings is 1. The fourth-order valence-corrected chi connectivity index (χ4v) is 2.36. The Hall–Kier alpha value is -0.570. The molecule has 2 atom stereocenters. The summed E-state index contributed by atoms with van der Waals surface area (Å²) in [7, 11) is 2.14. The van der Waals surface area contributed by atoms with E-state index < -0.39 is 0 Å². The minimum atomic E-state index is 0.0910. The van der Waals surface area contributed by atoms with Crippen molar-refractivity contribution in [3.63, 3.8) is 0 Å². The van der Waals surface area contributed by atoms with Crippen LogP contribution in [0.4, 0.5) is 0 Å². The van der Waals surface area contributed by atoms with Crippen LogP contribution < -0.4 is 5.32 Å².